The van der Waals surface area contributed by atoms with Crippen LogP contribution in [0.3, 0.4) is 0 Å². The first-order valence-corrected chi connectivity index (χ1v) is 8.37. The summed E-state index contributed by atoms with van der Waals surface area (Å²) in [4.78, 5) is 12.8. The Kier molecular flexibility index (Phi) is 3.88. The van der Waals surface area contributed by atoms with Crippen LogP contribution in [0.15, 0.2) is 47.1 Å². The second-order valence-corrected chi connectivity index (χ2v) is 6.66. The van der Waals surface area contributed by atoms with Crippen LogP contribution in [-0.4, -0.2) is 19.1 Å². The lowest BCUT2D eigenvalue weighted by molar-refractivity contribution is -0.126. The maximum absolute atomic E-state index is 13.7. The molecular formula is C19H20FNO3. The van der Waals surface area contributed by atoms with Crippen LogP contribution in [0.2, 0.25) is 0 Å². The fourth-order valence-electron chi connectivity index (χ4n) is 3.62. The molecule has 1 aliphatic carbocycles. The van der Waals surface area contributed by atoms with Crippen LogP contribution in [0.5, 0.6) is 0 Å². The summed E-state index contributed by atoms with van der Waals surface area (Å²) in [6, 6.07) is 10.3. The molecule has 4 rings (SSSR count). The lowest BCUT2D eigenvalue weighted by Crippen LogP contribution is -2.50. The minimum atomic E-state index is -0.548. The van der Waals surface area contributed by atoms with Gasteiger partial charge >= 0.3 is 0 Å². The first-order valence-electron chi connectivity index (χ1n) is 8.37. The average Bonchev–Trinajstić information content (AvgIpc) is 3.21. The van der Waals surface area contributed by atoms with Crippen molar-refractivity contribution in [3.63, 3.8) is 0 Å². The molecule has 2 fully saturated rings. The Morgan fingerprint density at radius 3 is 2.75 bits per heavy atom. The molecule has 2 aliphatic rings. The van der Waals surface area contributed by atoms with Gasteiger partial charge in [-0.05, 0) is 49.1 Å². The summed E-state index contributed by atoms with van der Waals surface area (Å²) < 4.78 is 24.5. The highest BCUT2D eigenvalue weighted by atomic mass is 19.1. The van der Waals surface area contributed by atoms with Crippen molar-refractivity contribution < 1.29 is 18.3 Å². The predicted molar refractivity (Wildman–Crippen MR) is 85.8 cm³/mol. The number of hydrogen-bond acceptors (Lipinski definition) is 3. The molecule has 2 unspecified atom stereocenters. The summed E-state index contributed by atoms with van der Waals surface area (Å²) in [5, 5.41) is 3.20. The molecule has 0 spiro atoms. The summed E-state index contributed by atoms with van der Waals surface area (Å²) in [5.41, 5.74) is 0.266. The van der Waals surface area contributed by atoms with Gasteiger partial charge < -0.3 is 14.5 Å². The van der Waals surface area contributed by atoms with Gasteiger partial charge in [0.15, 0.2) is 0 Å². The monoisotopic (exact) mass is 329 g/mol. The standard InChI is InChI=1S/C19H20FNO3/c20-14-4-1-3-13(11-14)19(6-9-23-10-7-19)21-18(22)16-12-15(16)17-5-2-8-24-17/h1-5,8,11,15-16H,6-7,9-10,12H2,(H,21,22). The Morgan fingerprint density at radius 1 is 1.21 bits per heavy atom. The fourth-order valence-corrected chi connectivity index (χ4v) is 3.62. The zero-order valence-electron chi connectivity index (χ0n) is 13.3. The molecule has 1 amide bonds. The number of halogens is 1. The van der Waals surface area contributed by atoms with E-state index in [1.807, 2.05) is 18.2 Å². The van der Waals surface area contributed by atoms with E-state index >= 15 is 0 Å². The number of hydrogen-bond donors (Lipinski definition) is 1. The molecule has 1 aromatic carbocycles. The Bertz CT molecular complexity index is 722. The zero-order chi connectivity index (χ0) is 16.6. The van der Waals surface area contributed by atoms with Crippen molar-refractivity contribution in [3.8, 4) is 0 Å². The van der Waals surface area contributed by atoms with Crippen LogP contribution < -0.4 is 5.32 Å². The number of carbonyl (C=O) groups is 1. The molecule has 0 radical (unpaired) electrons. The number of benzene rings is 1. The van der Waals surface area contributed by atoms with E-state index in [-0.39, 0.29) is 23.6 Å². The molecule has 1 N–H and O–H groups in total. The zero-order valence-corrected chi connectivity index (χ0v) is 13.3. The van der Waals surface area contributed by atoms with E-state index in [0.717, 1.165) is 17.7 Å². The minimum Gasteiger partial charge on any atom is -0.469 e. The van der Waals surface area contributed by atoms with E-state index in [1.165, 1.54) is 12.1 Å². The molecule has 0 bridgehead atoms. The Balaban J connectivity index is 1.53. The molecule has 2 heterocycles. The van der Waals surface area contributed by atoms with E-state index in [2.05, 4.69) is 5.32 Å². The quantitative estimate of drug-likeness (QED) is 0.936. The number of carbonyl (C=O) groups excluding carboxylic acids is 1. The van der Waals surface area contributed by atoms with Crippen molar-refractivity contribution in [2.45, 2.75) is 30.7 Å². The fraction of sp³-hybridized carbons (Fsp3) is 0.421. The number of rotatable bonds is 4. The third-order valence-electron chi connectivity index (χ3n) is 5.12. The van der Waals surface area contributed by atoms with E-state index < -0.39 is 5.54 Å². The molecule has 2 atom stereocenters. The van der Waals surface area contributed by atoms with Gasteiger partial charge in [-0.1, -0.05) is 12.1 Å². The molecule has 1 aliphatic heterocycles. The molecular weight excluding hydrogens is 309 g/mol. The van der Waals surface area contributed by atoms with Crippen molar-refractivity contribution in [1.29, 1.82) is 0 Å². The normalized spacial score (nSPS) is 25.2. The van der Waals surface area contributed by atoms with Crippen LogP contribution >= 0.6 is 0 Å². The molecule has 24 heavy (non-hydrogen) atoms. The van der Waals surface area contributed by atoms with Crippen LogP contribution in [0, 0.1) is 11.7 Å². The molecule has 126 valence electrons. The topological polar surface area (TPSA) is 51.5 Å². The van der Waals surface area contributed by atoms with Gasteiger partial charge in [-0.3, -0.25) is 4.79 Å². The maximum Gasteiger partial charge on any atom is 0.224 e. The summed E-state index contributed by atoms with van der Waals surface area (Å²) in [6.07, 6.45) is 3.74. The summed E-state index contributed by atoms with van der Waals surface area (Å²) in [7, 11) is 0. The molecule has 5 heteroatoms. The van der Waals surface area contributed by atoms with E-state index in [1.54, 1.807) is 12.3 Å². The average molecular weight is 329 g/mol. The first-order chi connectivity index (χ1) is 11.7. The number of furan rings is 1. The van der Waals surface area contributed by atoms with E-state index in [9.17, 15) is 9.18 Å². The van der Waals surface area contributed by atoms with Gasteiger partial charge in [0.1, 0.15) is 11.6 Å². The van der Waals surface area contributed by atoms with Crippen LogP contribution in [0.25, 0.3) is 0 Å². The Labute approximate surface area is 140 Å². The van der Waals surface area contributed by atoms with Crippen molar-refractivity contribution in [3.05, 3.63) is 59.8 Å². The van der Waals surface area contributed by atoms with Crippen LogP contribution in [-0.2, 0) is 15.1 Å². The Hall–Kier alpha value is -2.14. The highest BCUT2D eigenvalue weighted by Gasteiger charge is 2.48. The van der Waals surface area contributed by atoms with Gasteiger partial charge in [0.05, 0.1) is 11.8 Å². The number of amides is 1. The first kappa shape index (κ1) is 15.4. The second kappa shape index (κ2) is 6.06. The summed E-state index contributed by atoms with van der Waals surface area (Å²) in [5.74, 6) is 0.686. The molecule has 4 nitrogen and oxygen atoms in total. The molecule has 2 aromatic rings. The van der Waals surface area contributed by atoms with Crippen LogP contribution in [0.4, 0.5) is 4.39 Å². The van der Waals surface area contributed by atoms with Crippen molar-refractivity contribution in [2.75, 3.05) is 13.2 Å². The number of nitrogens with one attached hydrogen (secondary N) is 1. The third kappa shape index (κ3) is 2.84. The third-order valence-corrected chi connectivity index (χ3v) is 5.12. The number of ether oxygens (including phenoxy) is 1. The second-order valence-electron chi connectivity index (χ2n) is 6.66. The summed E-state index contributed by atoms with van der Waals surface area (Å²) in [6.45, 7) is 1.12. The van der Waals surface area contributed by atoms with Gasteiger partial charge in [-0.25, -0.2) is 4.39 Å². The van der Waals surface area contributed by atoms with Gasteiger partial charge in [0.25, 0.3) is 0 Å². The predicted octanol–water partition coefficient (Wildman–Crippen LogP) is 3.34. The maximum atomic E-state index is 13.7. The summed E-state index contributed by atoms with van der Waals surface area (Å²) >= 11 is 0. The highest BCUT2D eigenvalue weighted by molar-refractivity contribution is 5.83. The minimum absolute atomic E-state index is 0.0163. The van der Waals surface area contributed by atoms with Crippen LogP contribution in [0.1, 0.15) is 36.5 Å². The van der Waals surface area contributed by atoms with Crippen molar-refractivity contribution in [2.24, 2.45) is 5.92 Å². The van der Waals surface area contributed by atoms with Gasteiger partial charge in [-0.2, -0.15) is 0 Å². The molecule has 1 saturated carbocycles. The Morgan fingerprint density at radius 2 is 2.04 bits per heavy atom. The van der Waals surface area contributed by atoms with Gasteiger partial charge in [-0.15, -0.1) is 0 Å². The van der Waals surface area contributed by atoms with Gasteiger partial charge in [0, 0.05) is 25.0 Å². The van der Waals surface area contributed by atoms with Crippen molar-refractivity contribution >= 4 is 5.91 Å². The largest absolute Gasteiger partial charge is 0.469 e. The van der Waals surface area contributed by atoms with Crippen molar-refractivity contribution in [1.82, 2.24) is 5.32 Å². The lowest BCUT2D eigenvalue weighted by atomic mass is 9.82. The highest BCUT2D eigenvalue weighted by Crippen LogP contribution is 2.48. The SMILES string of the molecule is O=C(NC1(c2cccc(F)c2)CCOCC1)C1CC1c1ccco1. The van der Waals surface area contributed by atoms with E-state index in [4.69, 9.17) is 9.15 Å². The van der Waals surface area contributed by atoms with E-state index in [0.29, 0.717) is 26.1 Å². The smallest absolute Gasteiger partial charge is 0.224 e. The van der Waals surface area contributed by atoms with Gasteiger partial charge in [0.2, 0.25) is 5.91 Å². The molecule has 1 aromatic heterocycles. The molecule has 1 saturated heterocycles. The lowest BCUT2D eigenvalue weighted by Gasteiger charge is -2.38.